The third-order valence-electron chi connectivity index (χ3n) is 7.64. The monoisotopic (exact) mass is 310 g/mol. The molecule has 3 fully saturated rings. The van der Waals surface area contributed by atoms with E-state index in [4.69, 9.17) is 0 Å². The van der Waals surface area contributed by atoms with Gasteiger partial charge in [-0.2, -0.15) is 0 Å². The van der Waals surface area contributed by atoms with Crippen LogP contribution in [0.5, 0.6) is 0 Å². The van der Waals surface area contributed by atoms with Gasteiger partial charge in [-0.1, -0.05) is 37.5 Å². The molecule has 0 aromatic heterocycles. The maximum Gasteiger partial charge on any atom is 0.0379 e. The third kappa shape index (κ3) is 2.25. The first-order valence-electron chi connectivity index (χ1n) is 9.93. The number of nitrogens with one attached hydrogen (secondary N) is 1. The van der Waals surface area contributed by atoms with E-state index in [1.165, 1.54) is 70.1 Å². The summed E-state index contributed by atoms with van der Waals surface area (Å²) in [5, 5.41) is 3.67. The molecule has 0 bridgehead atoms. The Hall–Kier alpha value is -1.02. The van der Waals surface area contributed by atoms with Gasteiger partial charge >= 0.3 is 0 Å². The Bertz CT molecular complexity index is 573. The van der Waals surface area contributed by atoms with Gasteiger partial charge in [-0.25, -0.2) is 0 Å². The second-order valence-electron chi connectivity index (χ2n) is 8.57. The molecular formula is C21H30N2. The van der Waals surface area contributed by atoms with Crippen LogP contribution in [-0.2, 0) is 5.41 Å². The van der Waals surface area contributed by atoms with Gasteiger partial charge in [0.15, 0.2) is 0 Å². The fourth-order valence-corrected chi connectivity index (χ4v) is 6.34. The number of benzene rings is 1. The van der Waals surface area contributed by atoms with Crippen LogP contribution in [0.15, 0.2) is 24.3 Å². The van der Waals surface area contributed by atoms with Gasteiger partial charge in [0, 0.05) is 23.7 Å². The summed E-state index contributed by atoms with van der Waals surface area (Å²) in [5.74, 6) is 2.10. The van der Waals surface area contributed by atoms with Crippen molar-refractivity contribution in [2.75, 3.05) is 25.0 Å². The largest absolute Gasteiger partial charge is 0.384 e. The van der Waals surface area contributed by atoms with E-state index in [-0.39, 0.29) is 0 Å². The molecule has 0 amide bonds. The first-order chi connectivity index (χ1) is 11.4. The highest BCUT2D eigenvalue weighted by atomic mass is 15.2. The fourth-order valence-electron chi connectivity index (χ4n) is 6.34. The van der Waals surface area contributed by atoms with Crippen LogP contribution in [0.1, 0.15) is 56.9 Å². The van der Waals surface area contributed by atoms with Crippen molar-refractivity contribution in [3.8, 4) is 0 Å². The smallest absolute Gasteiger partial charge is 0.0379 e. The van der Waals surface area contributed by atoms with Crippen molar-refractivity contribution < 1.29 is 0 Å². The number of piperidine rings is 1. The summed E-state index contributed by atoms with van der Waals surface area (Å²) in [4.78, 5) is 2.89. The number of rotatable bonds is 1. The number of likely N-dealkylation sites (tertiary alicyclic amines) is 1. The molecular weight excluding hydrogens is 280 g/mol. The van der Waals surface area contributed by atoms with Crippen molar-refractivity contribution in [1.82, 2.24) is 4.90 Å². The lowest BCUT2D eigenvalue weighted by Gasteiger charge is -2.44. The SMILES string of the molecule is c1ccc2c(c1)NCC21CCN(C2CCC3CCCCC32)CC1. The second-order valence-corrected chi connectivity index (χ2v) is 8.57. The van der Waals surface area contributed by atoms with Gasteiger partial charge in [0.05, 0.1) is 0 Å². The van der Waals surface area contributed by atoms with Gasteiger partial charge < -0.3 is 10.2 Å². The van der Waals surface area contributed by atoms with Gasteiger partial charge in [0.1, 0.15) is 0 Å². The Labute approximate surface area is 140 Å². The predicted octanol–water partition coefficient (Wildman–Crippen LogP) is 4.41. The Kier molecular flexibility index (Phi) is 3.44. The molecule has 2 heteroatoms. The van der Waals surface area contributed by atoms with Crippen LogP contribution in [-0.4, -0.2) is 30.6 Å². The van der Waals surface area contributed by atoms with Gasteiger partial charge in [0.25, 0.3) is 0 Å². The first-order valence-corrected chi connectivity index (χ1v) is 9.93. The van der Waals surface area contributed by atoms with E-state index in [0.29, 0.717) is 5.41 Å². The molecule has 2 heterocycles. The van der Waals surface area contributed by atoms with Crippen LogP contribution < -0.4 is 5.32 Å². The van der Waals surface area contributed by atoms with E-state index >= 15 is 0 Å². The summed E-state index contributed by atoms with van der Waals surface area (Å²) in [6.07, 6.45) is 11.7. The quantitative estimate of drug-likeness (QED) is 0.826. The molecule has 2 saturated carbocycles. The molecule has 4 aliphatic rings. The van der Waals surface area contributed by atoms with Crippen molar-refractivity contribution in [3.63, 3.8) is 0 Å². The average Bonchev–Trinajstić information content (AvgIpc) is 3.19. The Morgan fingerprint density at radius 1 is 0.957 bits per heavy atom. The number of anilines is 1. The molecule has 1 aromatic carbocycles. The molecule has 2 nitrogen and oxygen atoms in total. The number of hydrogen-bond donors (Lipinski definition) is 1. The minimum atomic E-state index is 0.428. The topological polar surface area (TPSA) is 15.3 Å². The summed E-state index contributed by atoms with van der Waals surface area (Å²) in [6.45, 7) is 3.81. The molecule has 124 valence electrons. The second kappa shape index (κ2) is 5.51. The van der Waals surface area contributed by atoms with Crippen molar-refractivity contribution in [1.29, 1.82) is 0 Å². The Balaban J connectivity index is 1.30. The van der Waals surface area contributed by atoms with E-state index in [2.05, 4.69) is 34.5 Å². The van der Waals surface area contributed by atoms with Crippen LogP contribution in [0.4, 0.5) is 5.69 Å². The van der Waals surface area contributed by atoms with Crippen molar-refractivity contribution in [3.05, 3.63) is 29.8 Å². The standard InChI is InChI=1S/C21H30N2/c1-2-6-17-16(5-1)9-10-20(17)23-13-11-21(12-14-23)15-22-19-8-4-3-7-18(19)21/h3-4,7-8,16-17,20,22H,1-2,5-6,9-15H2. The van der Waals surface area contributed by atoms with E-state index < -0.39 is 0 Å². The highest BCUT2D eigenvalue weighted by Gasteiger charge is 2.45. The molecule has 3 atom stereocenters. The van der Waals surface area contributed by atoms with E-state index in [9.17, 15) is 0 Å². The van der Waals surface area contributed by atoms with Crippen LogP contribution in [0.25, 0.3) is 0 Å². The number of nitrogens with zero attached hydrogens (tertiary/aromatic N) is 1. The van der Waals surface area contributed by atoms with Crippen molar-refractivity contribution in [2.24, 2.45) is 11.8 Å². The van der Waals surface area contributed by atoms with Crippen molar-refractivity contribution in [2.45, 2.75) is 62.8 Å². The highest BCUT2D eigenvalue weighted by Crippen LogP contribution is 2.48. The number of fused-ring (bicyclic) bond motifs is 3. The highest BCUT2D eigenvalue weighted by molar-refractivity contribution is 5.60. The Morgan fingerprint density at radius 3 is 2.70 bits per heavy atom. The number of para-hydroxylation sites is 1. The predicted molar refractivity (Wildman–Crippen MR) is 95.9 cm³/mol. The van der Waals surface area contributed by atoms with Crippen molar-refractivity contribution >= 4 is 5.69 Å². The summed E-state index contributed by atoms with van der Waals surface area (Å²) >= 11 is 0. The zero-order valence-corrected chi connectivity index (χ0v) is 14.3. The van der Waals surface area contributed by atoms with Crippen LogP contribution in [0.2, 0.25) is 0 Å². The van der Waals surface area contributed by atoms with Gasteiger partial charge in [-0.3, -0.25) is 0 Å². The minimum absolute atomic E-state index is 0.428. The van der Waals surface area contributed by atoms with Gasteiger partial charge in [0.2, 0.25) is 0 Å². The minimum Gasteiger partial charge on any atom is -0.384 e. The maximum atomic E-state index is 3.67. The van der Waals surface area contributed by atoms with E-state index in [0.717, 1.165) is 24.4 Å². The van der Waals surface area contributed by atoms with Gasteiger partial charge in [-0.05, 0) is 68.7 Å². The summed E-state index contributed by atoms with van der Waals surface area (Å²) in [6, 6.07) is 9.95. The molecule has 3 unspecified atom stereocenters. The molecule has 5 rings (SSSR count). The molecule has 23 heavy (non-hydrogen) atoms. The molecule has 1 aromatic rings. The van der Waals surface area contributed by atoms with Crippen LogP contribution >= 0.6 is 0 Å². The molecule has 0 radical (unpaired) electrons. The molecule has 2 aliphatic heterocycles. The first kappa shape index (κ1) is 14.3. The molecule has 1 N–H and O–H groups in total. The molecule has 1 saturated heterocycles. The lowest BCUT2D eigenvalue weighted by Crippen LogP contribution is -2.49. The van der Waals surface area contributed by atoms with Crippen LogP contribution in [0, 0.1) is 11.8 Å². The summed E-state index contributed by atoms with van der Waals surface area (Å²) < 4.78 is 0. The zero-order valence-electron chi connectivity index (χ0n) is 14.3. The van der Waals surface area contributed by atoms with Crippen LogP contribution in [0.3, 0.4) is 0 Å². The lowest BCUT2D eigenvalue weighted by molar-refractivity contribution is 0.0799. The zero-order chi connectivity index (χ0) is 15.3. The van der Waals surface area contributed by atoms with Gasteiger partial charge in [-0.15, -0.1) is 0 Å². The lowest BCUT2D eigenvalue weighted by atomic mass is 9.73. The third-order valence-corrected chi connectivity index (χ3v) is 7.64. The number of hydrogen-bond acceptors (Lipinski definition) is 2. The maximum absolute atomic E-state index is 3.67. The average molecular weight is 310 g/mol. The molecule has 1 spiro atoms. The Morgan fingerprint density at radius 2 is 1.78 bits per heavy atom. The summed E-state index contributed by atoms with van der Waals surface area (Å²) in [5.41, 5.74) is 3.42. The van der Waals surface area contributed by atoms with E-state index in [1.807, 2.05) is 0 Å². The van der Waals surface area contributed by atoms with E-state index in [1.54, 1.807) is 5.56 Å². The molecule has 2 aliphatic carbocycles. The summed E-state index contributed by atoms with van der Waals surface area (Å²) in [7, 11) is 0. The fraction of sp³-hybridized carbons (Fsp3) is 0.714. The normalized spacial score (nSPS) is 35.7.